The number of likely N-dealkylation sites (tertiary alicyclic amines) is 1. The molecule has 3 aromatic carbocycles. The van der Waals surface area contributed by atoms with Gasteiger partial charge >= 0.3 is 0 Å². The van der Waals surface area contributed by atoms with E-state index in [9.17, 15) is 19.3 Å². The molecule has 0 bridgehead atoms. The van der Waals surface area contributed by atoms with E-state index in [2.05, 4.69) is 5.32 Å². The number of carbonyl (C=O) groups excluding carboxylic acids is 1. The summed E-state index contributed by atoms with van der Waals surface area (Å²) in [4.78, 5) is 27.0. The molecule has 0 radical (unpaired) electrons. The number of benzene rings is 3. The van der Waals surface area contributed by atoms with Gasteiger partial charge in [0, 0.05) is 28.3 Å². The van der Waals surface area contributed by atoms with Crippen LogP contribution in [0.4, 0.5) is 10.1 Å². The number of carbonyl (C=O) groups is 1. The molecule has 0 unspecified atom stereocenters. The van der Waals surface area contributed by atoms with Crippen LogP contribution in [-0.4, -0.2) is 35.4 Å². The maximum Gasteiger partial charge on any atom is 0.256 e. The SMILES string of the molecule is CN1C[C@H](c2cc(Cl)c(OCc3ccccc3F)c(Cl)c2)[C@H]([N+](=O)[O-])[C@]12C(=O)Nc1ccccc12. The molecule has 1 spiro atoms. The predicted molar refractivity (Wildman–Crippen MR) is 130 cm³/mol. The number of hydrogen-bond donors (Lipinski definition) is 1. The van der Waals surface area contributed by atoms with E-state index < -0.39 is 34.1 Å². The molecule has 0 aromatic heterocycles. The van der Waals surface area contributed by atoms with Crippen LogP contribution in [0.2, 0.25) is 10.0 Å². The zero-order valence-electron chi connectivity index (χ0n) is 18.5. The zero-order valence-corrected chi connectivity index (χ0v) is 20.0. The number of anilines is 1. The van der Waals surface area contributed by atoms with E-state index in [1.165, 1.54) is 6.07 Å². The maximum atomic E-state index is 14.0. The highest BCUT2D eigenvalue weighted by Crippen LogP contribution is 2.52. The van der Waals surface area contributed by atoms with E-state index in [4.69, 9.17) is 27.9 Å². The van der Waals surface area contributed by atoms with Gasteiger partial charge in [-0.25, -0.2) is 4.39 Å². The van der Waals surface area contributed by atoms with Gasteiger partial charge in [-0.1, -0.05) is 59.6 Å². The largest absolute Gasteiger partial charge is 0.486 e. The molecule has 1 fully saturated rings. The van der Waals surface area contributed by atoms with Crippen LogP contribution in [0.1, 0.15) is 22.6 Å². The molecular weight excluding hydrogens is 496 g/mol. The molecule has 1 saturated heterocycles. The lowest BCUT2D eigenvalue weighted by Gasteiger charge is -2.30. The number of rotatable bonds is 5. The fraction of sp³-hybridized carbons (Fsp3) is 0.240. The van der Waals surface area contributed by atoms with Crippen molar-refractivity contribution in [3.63, 3.8) is 0 Å². The first-order chi connectivity index (χ1) is 16.7. The summed E-state index contributed by atoms with van der Waals surface area (Å²) in [5.74, 6) is -1.38. The van der Waals surface area contributed by atoms with E-state index in [1.54, 1.807) is 66.5 Å². The maximum absolute atomic E-state index is 14.0. The van der Waals surface area contributed by atoms with Crippen LogP contribution in [0.3, 0.4) is 0 Å². The number of likely N-dealkylation sites (N-methyl/N-ethyl adjacent to an activating group) is 1. The minimum absolute atomic E-state index is 0.0881. The standard InChI is InChI=1S/C25H20Cl2FN3O4/c1-30-12-16(23(31(33)34)25(30)17-7-3-5-9-21(17)29-24(25)32)15-10-18(26)22(19(27)11-15)35-13-14-6-2-4-8-20(14)28/h2-11,16,23H,12-13H2,1H3,(H,29,32)/t16-,23+,25-/m1/s1. The van der Waals surface area contributed by atoms with Gasteiger partial charge in [0.2, 0.25) is 0 Å². The van der Waals surface area contributed by atoms with Crippen molar-refractivity contribution in [2.24, 2.45) is 0 Å². The molecule has 3 aromatic rings. The van der Waals surface area contributed by atoms with Gasteiger partial charge in [0.1, 0.15) is 12.4 Å². The number of halogens is 3. The van der Waals surface area contributed by atoms with Crippen molar-refractivity contribution in [2.45, 2.75) is 24.1 Å². The van der Waals surface area contributed by atoms with Gasteiger partial charge in [-0.2, -0.15) is 0 Å². The summed E-state index contributed by atoms with van der Waals surface area (Å²) in [7, 11) is 1.70. The molecule has 1 N–H and O–H groups in total. The minimum Gasteiger partial charge on any atom is -0.486 e. The topological polar surface area (TPSA) is 84.7 Å². The number of amides is 1. The summed E-state index contributed by atoms with van der Waals surface area (Å²) in [6, 6.07) is 15.0. The smallest absolute Gasteiger partial charge is 0.256 e. The van der Waals surface area contributed by atoms with Crippen LogP contribution in [0.25, 0.3) is 0 Å². The molecule has 2 aliphatic rings. The number of nitrogens with one attached hydrogen (secondary N) is 1. The molecule has 5 rings (SSSR count). The normalized spacial score (nSPS) is 23.4. The Labute approximate surface area is 210 Å². The molecule has 10 heteroatoms. The third-order valence-corrected chi connectivity index (χ3v) is 7.38. The van der Waals surface area contributed by atoms with E-state index in [-0.39, 0.29) is 28.9 Å². The Balaban J connectivity index is 1.51. The Morgan fingerprint density at radius 3 is 2.51 bits per heavy atom. The van der Waals surface area contributed by atoms with Crippen LogP contribution in [0, 0.1) is 15.9 Å². The lowest BCUT2D eigenvalue weighted by molar-refractivity contribution is -0.534. The fourth-order valence-electron chi connectivity index (χ4n) is 5.28. The van der Waals surface area contributed by atoms with Crippen LogP contribution in [-0.2, 0) is 16.9 Å². The number of nitro groups is 1. The number of ether oxygens (including phenoxy) is 1. The second kappa shape index (κ2) is 8.78. The summed E-state index contributed by atoms with van der Waals surface area (Å²) < 4.78 is 19.6. The van der Waals surface area contributed by atoms with Crippen molar-refractivity contribution in [3.05, 3.63) is 103 Å². The molecular formula is C25H20Cl2FN3O4. The fourth-order valence-corrected chi connectivity index (χ4v) is 5.89. The summed E-state index contributed by atoms with van der Waals surface area (Å²) in [6.07, 6.45) is 0. The van der Waals surface area contributed by atoms with Gasteiger partial charge in [-0.05, 0) is 36.9 Å². The summed E-state index contributed by atoms with van der Waals surface area (Å²) in [5, 5.41) is 15.5. The zero-order chi connectivity index (χ0) is 24.9. The van der Waals surface area contributed by atoms with Gasteiger partial charge in [0.05, 0.1) is 16.0 Å². The van der Waals surface area contributed by atoms with Crippen molar-refractivity contribution in [3.8, 4) is 5.75 Å². The van der Waals surface area contributed by atoms with Gasteiger partial charge in [0.15, 0.2) is 11.3 Å². The third kappa shape index (κ3) is 3.64. The van der Waals surface area contributed by atoms with Crippen LogP contribution in [0.15, 0.2) is 60.7 Å². The van der Waals surface area contributed by atoms with Gasteiger partial charge in [-0.15, -0.1) is 0 Å². The highest BCUT2D eigenvalue weighted by Gasteiger charge is 2.68. The molecule has 35 heavy (non-hydrogen) atoms. The summed E-state index contributed by atoms with van der Waals surface area (Å²) in [5.41, 5.74) is 0.510. The quantitative estimate of drug-likeness (QED) is 0.371. The van der Waals surface area contributed by atoms with E-state index in [0.29, 0.717) is 22.4 Å². The van der Waals surface area contributed by atoms with E-state index in [0.717, 1.165) is 0 Å². The van der Waals surface area contributed by atoms with E-state index in [1.807, 2.05) is 0 Å². The second-order valence-electron chi connectivity index (χ2n) is 8.68. The molecule has 180 valence electrons. The number of para-hydroxylation sites is 1. The second-order valence-corrected chi connectivity index (χ2v) is 9.49. The first kappa shape index (κ1) is 23.5. The van der Waals surface area contributed by atoms with Crippen molar-refractivity contribution >= 4 is 34.8 Å². The molecule has 0 aliphatic carbocycles. The monoisotopic (exact) mass is 515 g/mol. The third-order valence-electron chi connectivity index (χ3n) is 6.82. The first-order valence-corrected chi connectivity index (χ1v) is 11.6. The van der Waals surface area contributed by atoms with Gasteiger partial charge in [-0.3, -0.25) is 19.8 Å². The Hall–Kier alpha value is -3.20. The minimum atomic E-state index is -1.47. The molecule has 2 aliphatic heterocycles. The molecule has 3 atom stereocenters. The van der Waals surface area contributed by atoms with Crippen molar-refractivity contribution < 1.29 is 18.8 Å². The Morgan fingerprint density at radius 1 is 1.17 bits per heavy atom. The Bertz CT molecular complexity index is 1330. The number of hydrogen-bond acceptors (Lipinski definition) is 5. The van der Waals surface area contributed by atoms with Crippen molar-refractivity contribution in [1.82, 2.24) is 4.90 Å². The number of nitrogens with zero attached hydrogens (tertiary/aromatic N) is 2. The predicted octanol–water partition coefficient (Wildman–Crippen LogP) is 5.23. The Morgan fingerprint density at radius 2 is 1.83 bits per heavy atom. The highest BCUT2D eigenvalue weighted by atomic mass is 35.5. The van der Waals surface area contributed by atoms with Crippen molar-refractivity contribution in [2.75, 3.05) is 18.9 Å². The molecule has 1 amide bonds. The lowest BCUT2D eigenvalue weighted by atomic mass is 9.79. The average molecular weight is 516 g/mol. The summed E-state index contributed by atoms with van der Waals surface area (Å²) >= 11 is 13.0. The summed E-state index contributed by atoms with van der Waals surface area (Å²) in [6.45, 7) is 0.144. The molecule has 7 nitrogen and oxygen atoms in total. The Kier molecular flexibility index (Phi) is 5.91. The molecule has 0 saturated carbocycles. The van der Waals surface area contributed by atoms with Crippen LogP contribution >= 0.6 is 23.2 Å². The average Bonchev–Trinajstić information content (AvgIpc) is 3.29. The van der Waals surface area contributed by atoms with Crippen LogP contribution in [0.5, 0.6) is 5.75 Å². The highest BCUT2D eigenvalue weighted by molar-refractivity contribution is 6.37. The van der Waals surface area contributed by atoms with Crippen LogP contribution < -0.4 is 10.1 Å². The molecule has 2 heterocycles. The van der Waals surface area contributed by atoms with Crippen molar-refractivity contribution in [1.29, 1.82) is 0 Å². The lowest BCUT2D eigenvalue weighted by Crippen LogP contribution is -2.54. The van der Waals surface area contributed by atoms with Gasteiger partial charge in [0.25, 0.3) is 11.9 Å². The van der Waals surface area contributed by atoms with Gasteiger partial charge < -0.3 is 10.1 Å². The first-order valence-electron chi connectivity index (χ1n) is 10.9. The van der Waals surface area contributed by atoms with E-state index >= 15 is 0 Å². The number of fused-ring (bicyclic) bond motifs is 2.